The van der Waals surface area contributed by atoms with E-state index in [0.29, 0.717) is 5.02 Å². The van der Waals surface area contributed by atoms with Crippen LogP contribution in [0.5, 0.6) is 5.75 Å². The van der Waals surface area contributed by atoms with Crippen molar-refractivity contribution in [2.24, 2.45) is 0 Å². The Balaban J connectivity index is 3.23. The lowest BCUT2D eigenvalue weighted by Gasteiger charge is -2.16. The number of hydrogen-bond acceptors (Lipinski definition) is 3. The quantitative estimate of drug-likeness (QED) is 0.927. The van der Waals surface area contributed by atoms with Crippen LogP contribution in [-0.2, 0) is 10.2 Å². The van der Waals surface area contributed by atoms with E-state index in [0.717, 1.165) is 4.31 Å². The molecule has 0 bridgehead atoms. The number of nitrogens with one attached hydrogen (secondary N) is 1. The van der Waals surface area contributed by atoms with Crippen LogP contribution in [0.3, 0.4) is 0 Å². The normalized spacial score (nSPS) is 11.6. The summed E-state index contributed by atoms with van der Waals surface area (Å²) in [5.74, 6) is 0.224. The highest BCUT2D eigenvalue weighted by Crippen LogP contribution is 2.36. The first-order valence-electron chi connectivity index (χ1n) is 4.51. The summed E-state index contributed by atoms with van der Waals surface area (Å²) in [6.45, 7) is 0. The highest BCUT2D eigenvalue weighted by Gasteiger charge is 2.18. The second-order valence-electron chi connectivity index (χ2n) is 3.36. The smallest absolute Gasteiger partial charge is 0.301 e. The molecule has 96 valence electrons. The molecular formula is C9H12Cl2N2O3S. The van der Waals surface area contributed by atoms with Gasteiger partial charge in [-0.15, -0.1) is 0 Å². The summed E-state index contributed by atoms with van der Waals surface area (Å²) in [7, 11) is 0.568. The maximum absolute atomic E-state index is 11.7. The van der Waals surface area contributed by atoms with Gasteiger partial charge in [0.2, 0.25) is 0 Å². The summed E-state index contributed by atoms with van der Waals surface area (Å²) < 4.78 is 31.7. The van der Waals surface area contributed by atoms with Gasteiger partial charge in [0.1, 0.15) is 0 Å². The van der Waals surface area contributed by atoms with Crippen molar-refractivity contribution in [3.05, 3.63) is 22.2 Å². The predicted molar refractivity (Wildman–Crippen MR) is 69.2 cm³/mol. The monoisotopic (exact) mass is 298 g/mol. The molecule has 0 fully saturated rings. The van der Waals surface area contributed by atoms with Gasteiger partial charge in [-0.05, 0) is 12.1 Å². The molecule has 0 spiro atoms. The SMILES string of the molecule is COc1c(Cl)cc(Cl)cc1NS(=O)(=O)N(C)C. The summed E-state index contributed by atoms with van der Waals surface area (Å²) in [5, 5.41) is 0.545. The standard InChI is InChI=1S/C9H12Cl2N2O3S/c1-13(2)17(14,15)12-8-5-6(10)4-7(11)9(8)16-3/h4-5,12H,1-3H3. The molecule has 0 aliphatic rings. The van der Waals surface area contributed by atoms with Gasteiger partial charge in [0, 0.05) is 19.1 Å². The van der Waals surface area contributed by atoms with Crippen LogP contribution in [0.2, 0.25) is 10.0 Å². The van der Waals surface area contributed by atoms with Gasteiger partial charge in [-0.2, -0.15) is 12.7 Å². The Morgan fingerprint density at radius 3 is 2.35 bits per heavy atom. The number of hydrogen-bond donors (Lipinski definition) is 1. The van der Waals surface area contributed by atoms with E-state index in [1.807, 2.05) is 0 Å². The number of ether oxygens (including phenoxy) is 1. The van der Waals surface area contributed by atoms with E-state index in [1.54, 1.807) is 0 Å². The first-order chi connectivity index (χ1) is 7.77. The Morgan fingerprint density at radius 1 is 1.29 bits per heavy atom. The van der Waals surface area contributed by atoms with Crippen molar-refractivity contribution in [2.45, 2.75) is 0 Å². The van der Waals surface area contributed by atoms with E-state index >= 15 is 0 Å². The average molecular weight is 299 g/mol. The largest absolute Gasteiger partial charge is 0.493 e. The minimum absolute atomic E-state index is 0.193. The number of methoxy groups -OCH3 is 1. The minimum Gasteiger partial charge on any atom is -0.493 e. The van der Waals surface area contributed by atoms with Crippen LogP contribution in [-0.4, -0.2) is 33.9 Å². The predicted octanol–water partition coefficient (Wildman–Crippen LogP) is 2.22. The molecular weight excluding hydrogens is 287 g/mol. The van der Waals surface area contributed by atoms with E-state index in [2.05, 4.69) is 4.72 Å². The van der Waals surface area contributed by atoms with Crippen molar-refractivity contribution in [1.82, 2.24) is 4.31 Å². The maximum Gasteiger partial charge on any atom is 0.301 e. The zero-order valence-corrected chi connectivity index (χ0v) is 11.8. The summed E-state index contributed by atoms with van der Waals surface area (Å²) in [6, 6.07) is 2.89. The fourth-order valence-electron chi connectivity index (χ4n) is 1.07. The Morgan fingerprint density at radius 2 is 1.88 bits per heavy atom. The van der Waals surface area contributed by atoms with Crippen molar-refractivity contribution < 1.29 is 13.2 Å². The zero-order valence-electron chi connectivity index (χ0n) is 9.49. The Kier molecular flexibility index (Phi) is 4.48. The summed E-state index contributed by atoms with van der Waals surface area (Å²) in [4.78, 5) is 0. The van der Waals surface area contributed by atoms with Gasteiger partial charge in [-0.3, -0.25) is 4.72 Å². The molecule has 0 atom stereocenters. The Labute approximate surface area is 110 Å². The van der Waals surface area contributed by atoms with E-state index in [4.69, 9.17) is 27.9 Å². The van der Waals surface area contributed by atoms with Gasteiger partial charge in [0.15, 0.2) is 5.75 Å². The summed E-state index contributed by atoms with van der Waals surface area (Å²) >= 11 is 11.7. The molecule has 8 heteroatoms. The maximum atomic E-state index is 11.7. The molecule has 0 radical (unpaired) electrons. The van der Waals surface area contributed by atoms with Crippen molar-refractivity contribution >= 4 is 39.1 Å². The van der Waals surface area contributed by atoms with Gasteiger partial charge in [0.05, 0.1) is 17.8 Å². The zero-order chi connectivity index (χ0) is 13.2. The third kappa shape index (κ3) is 3.38. The highest BCUT2D eigenvalue weighted by molar-refractivity contribution is 7.90. The fourth-order valence-corrected chi connectivity index (χ4v) is 2.26. The lowest BCUT2D eigenvalue weighted by molar-refractivity contribution is 0.417. The van der Waals surface area contributed by atoms with Gasteiger partial charge in [0.25, 0.3) is 0 Å². The van der Waals surface area contributed by atoms with Crippen molar-refractivity contribution in [3.8, 4) is 5.75 Å². The third-order valence-electron chi connectivity index (χ3n) is 1.93. The van der Waals surface area contributed by atoms with Crippen LogP contribution < -0.4 is 9.46 Å². The van der Waals surface area contributed by atoms with Crippen LogP contribution in [0.1, 0.15) is 0 Å². The highest BCUT2D eigenvalue weighted by atomic mass is 35.5. The average Bonchev–Trinajstić information content (AvgIpc) is 2.15. The lowest BCUT2D eigenvalue weighted by Crippen LogP contribution is -2.29. The molecule has 1 aromatic carbocycles. The van der Waals surface area contributed by atoms with Crippen molar-refractivity contribution in [3.63, 3.8) is 0 Å². The summed E-state index contributed by atoms with van der Waals surface area (Å²) in [6.07, 6.45) is 0. The number of nitrogens with zero attached hydrogens (tertiary/aromatic N) is 1. The number of anilines is 1. The molecule has 1 rings (SSSR count). The molecule has 1 N–H and O–H groups in total. The molecule has 5 nitrogen and oxygen atoms in total. The van der Waals surface area contributed by atoms with Crippen LogP contribution in [0.4, 0.5) is 5.69 Å². The molecule has 0 aromatic heterocycles. The second kappa shape index (κ2) is 5.30. The van der Waals surface area contributed by atoms with Crippen molar-refractivity contribution in [2.75, 3.05) is 25.9 Å². The van der Waals surface area contributed by atoms with Crippen LogP contribution in [0.15, 0.2) is 12.1 Å². The van der Waals surface area contributed by atoms with E-state index in [1.165, 1.54) is 33.3 Å². The first-order valence-corrected chi connectivity index (χ1v) is 6.71. The first kappa shape index (κ1) is 14.4. The van der Waals surface area contributed by atoms with Gasteiger partial charge in [-0.25, -0.2) is 0 Å². The summed E-state index contributed by atoms with van der Waals surface area (Å²) in [5.41, 5.74) is 0.193. The van der Waals surface area contributed by atoms with Gasteiger partial charge < -0.3 is 4.74 Å². The molecule has 0 aliphatic heterocycles. The number of benzene rings is 1. The second-order valence-corrected chi connectivity index (χ2v) is 6.09. The Hall–Kier alpha value is -0.690. The molecule has 17 heavy (non-hydrogen) atoms. The molecule has 0 heterocycles. The molecule has 0 saturated carbocycles. The van der Waals surface area contributed by atoms with Crippen molar-refractivity contribution in [1.29, 1.82) is 0 Å². The number of rotatable bonds is 4. The van der Waals surface area contributed by atoms with Gasteiger partial charge in [-0.1, -0.05) is 23.2 Å². The molecule has 1 aromatic rings. The minimum atomic E-state index is -3.63. The van der Waals surface area contributed by atoms with Crippen LogP contribution >= 0.6 is 23.2 Å². The topological polar surface area (TPSA) is 58.6 Å². The lowest BCUT2D eigenvalue weighted by atomic mass is 10.3. The molecule has 0 amide bonds. The number of halogens is 2. The Bertz CT molecular complexity index is 517. The van der Waals surface area contributed by atoms with Gasteiger partial charge >= 0.3 is 10.2 Å². The van der Waals surface area contributed by atoms with E-state index < -0.39 is 10.2 Å². The van der Waals surface area contributed by atoms with Crippen LogP contribution in [0.25, 0.3) is 0 Å². The van der Waals surface area contributed by atoms with Crippen LogP contribution in [0, 0.1) is 0 Å². The fraction of sp³-hybridized carbons (Fsp3) is 0.333. The molecule has 0 aliphatic carbocycles. The molecule has 0 saturated heterocycles. The molecule has 0 unspecified atom stereocenters. The van der Waals surface area contributed by atoms with E-state index in [-0.39, 0.29) is 16.5 Å². The third-order valence-corrected chi connectivity index (χ3v) is 3.87. The van der Waals surface area contributed by atoms with E-state index in [9.17, 15) is 8.42 Å².